The number of anilines is 1. The Morgan fingerprint density at radius 2 is 2.04 bits per heavy atom. The van der Waals surface area contributed by atoms with E-state index in [2.05, 4.69) is 15.6 Å². The fraction of sp³-hybridized carbons (Fsp3) is 0.312. The number of nitrogens with one attached hydrogen (secondary N) is 3. The van der Waals surface area contributed by atoms with E-state index in [1.807, 2.05) is 6.92 Å². The second kappa shape index (κ2) is 6.23. The molecule has 1 atom stereocenters. The summed E-state index contributed by atoms with van der Waals surface area (Å²) in [5.74, 6) is 0.229. The number of hydrogen-bond donors (Lipinski definition) is 4. The Hall–Kier alpha value is -3.03. The van der Waals surface area contributed by atoms with Crippen LogP contribution in [-0.2, 0) is 6.54 Å². The quantitative estimate of drug-likeness (QED) is 0.675. The molecule has 1 aliphatic rings. The Kier molecular flexibility index (Phi) is 4.11. The molecule has 0 fully saturated rings. The summed E-state index contributed by atoms with van der Waals surface area (Å²) in [6.07, 6.45) is 1.60. The number of amides is 2. The number of aromatic amines is 1. The van der Waals surface area contributed by atoms with E-state index in [4.69, 9.17) is 0 Å². The van der Waals surface area contributed by atoms with Crippen LogP contribution in [0.3, 0.4) is 0 Å². The van der Waals surface area contributed by atoms with Gasteiger partial charge in [0.1, 0.15) is 11.6 Å². The van der Waals surface area contributed by atoms with E-state index in [9.17, 15) is 19.5 Å². The van der Waals surface area contributed by atoms with Crippen LogP contribution in [0.15, 0.2) is 33.9 Å². The molecule has 0 bridgehead atoms. The van der Waals surface area contributed by atoms with Gasteiger partial charge in [-0.25, -0.2) is 9.59 Å². The Bertz CT molecular complexity index is 900. The number of phenols is 1. The molecule has 1 aliphatic heterocycles. The number of hydrogen-bond acceptors (Lipinski definition) is 4. The number of H-pyrrole nitrogens is 1. The van der Waals surface area contributed by atoms with Gasteiger partial charge in [-0.15, -0.1) is 0 Å². The average Bonchev–Trinajstić information content (AvgIpc) is 2.53. The molecule has 2 aromatic rings. The molecule has 0 saturated heterocycles. The summed E-state index contributed by atoms with van der Waals surface area (Å²) in [7, 11) is 0. The topological polar surface area (TPSA) is 116 Å². The number of carbonyl (C=O) groups is 1. The molecule has 2 amide bonds. The van der Waals surface area contributed by atoms with Crippen molar-refractivity contribution < 1.29 is 9.90 Å². The standard InChI is InChI=1S/C16H18N4O4/c1-2-3-7-20-13-11(14(22)19-16(20)24)12(17-15(23)18-13)9-5-4-6-10(21)8-9/h4-6,8,12,21H,2-3,7H2,1H3,(H2,17,18,23)(H,19,22,24)/t12-/m0/s1. The minimum atomic E-state index is -0.752. The zero-order valence-electron chi connectivity index (χ0n) is 13.1. The lowest BCUT2D eigenvalue weighted by Gasteiger charge is -2.28. The van der Waals surface area contributed by atoms with E-state index in [0.29, 0.717) is 12.1 Å². The van der Waals surface area contributed by atoms with Gasteiger partial charge in [-0.2, -0.15) is 0 Å². The highest BCUT2D eigenvalue weighted by atomic mass is 16.3. The second-order valence-electron chi connectivity index (χ2n) is 5.65. The molecule has 0 radical (unpaired) electrons. The predicted octanol–water partition coefficient (Wildman–Crippen LogP) is 1.27. The summed E-state index contributed by atoms with van der Waals surface area (Å²) in [6, 6.07) is 5.03. The van der Waals surface area contributed by atoms with Crippen molar-refractivity contribution in [2.24, 2.45) is 0 Å². The molecule has 4 N–H and O–H groups in total. The molecule has 126 valence electrons. The molecule has 2 heterocycles. The van der Waals surface area contributed by atoms with Crippen LogP contribution in [0.25, 0.3) is 0 Å². The number of aromatic hydroxyl groups is 1. The van der Waals surface area contributed by atoms with Gasteiger partial charge < -0.3 is 10.4 Å². The fourth-order valence-electron chi connectivity index (χ4n) is 2.82. The van der Waals surface area contributed by atoms with Gasteiger partial charge in [-0.1, -0.05) is 25.5 Å². The summed E-state index contributed by atoms with van der Waals surface area (Å²) < 4.78 is 1.37. The third kappa shape index (κ3) is 2.78. The number of fused-ring (bicyclic) bond motifs is 1. The molecule has 1 aromatic heterocycles. The van der Waals surface area contributed by atoms with Crippen molar-refractivity contribution in [1.82, 2.24) is 14.9 Å². The fourth-order valence-corrected chi connectivity index (χ4v) is 2.82. The minimum Gasteiger partial charge on any atom is -0.508 e. The first-order valence-corrected chi connectivity index (χ1v) is 7.74. The van der Waals surface area contributed by atoms with E-state index < -0.39 is 23.3 Å². The number of unbranched alkanes of at least 4 members (excludes halogenated alkanes) is 1. The molecule has 0 aliphatic carbocycles. The Morgan fingerprint density at radius 1 is 1.25 bits per heavy atom. The van der Waals surface area contributed by atoms with Gasteiger partial charge in [0, 0.05) is 6.54 Å². The largest absolute Gasteiger partial charge is 0.508 e. The molecule has 3 rings (SSSR count). The third-order valence-electron chi connectivity index (χ3n) is 3.97. The van der Waals surface area contributed by atoms with Crippen LogP contribution in [0, 0.1) is 0 Å². The van der Waals surface area contributed by atoms with Crippen LogP contribution in [0.1, 0.15) is 36.9 Å². The Morgan fingerprint density at radius 3 is 2.75 bits per heavy atom. The summed E-state index contributed by atoms with van der Waals surface area (Å²) in [5.41, 5.74) is -0.319. The number of benzene rings is 1. The first-order chi connectivity index (χ1) is 11.5. The van der Waals surface area contributed by atoms with Gasteiger partial charge >= 0.3 is 11.7 Å². The summed E-state index contributed by atoms with van der Waals surface area (Å²) in [4.78, 5) is 38.8. The van der Waals surface area contributed by atoms with E-state index in [1.54, 1.807) is 12.1 Å². The van der Waals surface area contributed by atoms with Crippen LogP contribution >= 0.6 is 0 Å². The van der Waals surface area contributed by atoms with Crippen molar-refractivity contribution in [3.8, 4) is 5.75 Å². The predicted molar refractivity (Wildman–Crippen MR) is 88.3 cm³/mol. The van der Waals surface area contributed by atoms with E-state index >= 15 is 0 Å². The zero-order valence-corrected chi connectivity index (χ0v) is 13.1. The number of phenolic OH excluding ortho intramolecular Hbond substituents is 1. The molecule has 8 heteroatoms. The highest BCUT2D eigenvalue weighted by molar-refractivity contribution is 5.92. The van der Waals surface area contributed by atoms with Gasteiger partial charge in [0.15, 0.2) is 0 Å². The molecule has 8 nitrogen and oxygen atoms in total. The second-order valence-corrected chi connectivity index (χ2v) is 5.65. The number of rotatable bonds is 4. The third-order valence-corrected chi connectivity index (χ3v) is 3.97. The van der Waals surface area contributed by atoms with Crippen molar-refractivity contribution >= 4 is 11.8 Å². The van der Waals surface area contributed by atoms with Gasteiger partial charge in [0.05, 0.1) is 11.6 Å². The monoisotopic (exact) mass is 330 g/mol. The van der Waals surface area contributed by atoms with E-state index in [1.165, 1.54) is 16.7 Å². The Labute approximate surface area is 137 Å². The van der Waals surface area contributed by atoms with Crippen LogP contribution in [0.4, 0.5) is 10.6 Å². The summed E-state index contributed by atoms with van der Waals surface area (Å²) in [5, 5.41) is 14.9. The number of carbonyl (C=O) groups excluding carboxylic acids is 1. The maximum absolute atomic E-state index is 12.4. The molecule has 0 saturated carbocycles. The van der Waals surface area contributed by atoms with Gasteiger partial charge in [0.2, 0.25) is 0 Å². The van der Waals surface area contributed by atoms with E-state index in [0.717, 1.165) is 12.8 Å². The smallest absolute Gasteiger partial charge is 0.329 e. The lowest BCUT2D eigenvalue weighted by molar-refractivity contribution is 0.248. The lowest BCUT2D eigenvalue weighted by atomic mass is 9.98. The van der Waals surface area contributed by atoms with Crippen molar-refractivity contribution in [2.75, 3.05) is 5.32 Å². The van der Waals surface area contributed by atoms with Gasteiger partial charge in [0.25, 0.3) is 5.56 Å². The van der Waals surface area contributed by atoms with Crippen LogP contribution in [-0.4, -0.2) is 20.7 Å². The molecule has 0 spiro atoms. The van der Waals surface area contributed by atoms with Crippen LogP contribution in [0.2, 0.25) is 0 Å². The molecule has 1 aromatic carbocycles. The van der Waals surface area contributed by atoms with Crippen molar-refractivity contribution in [1.29, 1.82) is 0 Å². The number of aromatic nitrogens is 2. The van der Waals surface area contributed by atoms with Gasteiger partial charge in [-0.3, -0.25) is 19.7 Å². The summed E-state index contributed by atoms with van der Waals surface area (Å²) in [6.45, 7) is 2.38. The molecular formula is C16H18N4O4. The van der Waals surface area contributed by atoms with Crippen molar-refractivity contribution in [2.45, 2.75) is 32.4 Å². The molecular weight excluding hydrogens is 312 g/mol. The highest BCUT2D eigenvalue weighted by Gasteiger charge is 2.31. The van der Waals surface area contributed by atoms with Gasteiger partial charge in [-0.05, 0) is 24.1 Å². The van der Waals surface area contributed by atoms with Crippen LogP contribution < -0.4 is 21.9 Å². The zero-order chi connectivity index (χ0) is 17.3. The van der Waals surface area contributed by atoms with Crippen molar-refractivity contribution in [3.63, 3.8) is 0 Å². The molecule has 0 unspecified atom stereocenters. The Balaban J connectivity index is 2.20. The minimum absolute atomic E-state index is 0.0255. The highest BCUT2D eigenvalue weighted by Crippen LogP contribution is 2.29. The first kappa shape index (κ1) is 15.9. The van der Waals surface area contributed by atoms with Crippen molar-refractivity contribution in [3.05, 3.63) is 56.2 Å². The number of nitrogens with zero attached hydrogens (tertiary/aromatic N) is 1. The molecule has 24 heavy (non-hydrogen) atoms. The van der Waals surface area contributed by atoms with E-state index in [-0.39, 0.29) is 17.1 Å². The summed E-state index contributed by atoms with van der Waals surface area (Å²) >= 11 is 0. The maximum Gasteiger partial charge on any atom is 0.329 e. The average molecular weight is 330 g/mol. The maximum atomic E-state index is 12.4. The van der Waals surface area contributed by atoms with Crippen LogP contribution in [0.5, 0.6) is 5.75 Å². The SMILES string of the molecule is CCCCn1c2c(c(=O)[nH]c1=O)[C@H](c1cccc(O)c1)NC(=O)N2. The first-order valence-electron chi connectivity index (χ1n) is 7.74. The normalized spacial score (nSPS) is 16.2. The number of urea groups is 1. The lowest BCUT2D eigenvalue weighted by Crippen LogP contribution is -2.46.